The standard InChI is InChI=1S/C19H16BrClFN3O/c1-12-17(18(21)25(24-12)11-13-5-3-2-4-6-13)19(26)23-10-14-9-15(20)7-8-16(14)22/h2-9H,10-11H2,1H3,(H,23,26). The van der Waals surface area contributed by atoms with Gasteiger partial charge in [-0.2, -0.15) is 5.10 Å². The average Bonchev–Trinajstić information content (AvgIpc) is 2.90. The van der Waals surface area contributed by atoms with Gasteiger partial charge in [0.05, 0.1) is 17.8 Å². The summed E-state index contributed by atoms with van der Waals surface area (Å²) in [6, 6.07) is 14.3. The molecule has 0 spiro atoms. The van der Waals surface area contributed by atoms with E-state index in [4.69, 9.17) is 11.6 Å². The number of halogens is 3. The van der Waals surface area contributed by atoms with E-state index in [1.165, 1.54) is 6.07 Å². The van der Waals surface area contributed by atoms with Crippen LogP contribution in [-0.2, 0) is 13.1 Å². The molecule has 0 aliphatic carbocycles. The predicted octanol–water partition coefficient (Wildman–Crippen LogP) is 4.72. The van der Waals surface area contributed by atoms with Gasteiger partial charge in [-0.05, 0) is 30.7 Å². The van der Waals surface area contributed by atoms with Crippen LogP contribution in [0.3, 0.4) is 0 Å². The number of carbonyl (C=O) groups is 1. The molecule has 1 N–H and O–H groups in total. The van der Waals surface area contributed by atoms with Gasteiger partial charge >= 0.3 is 0 Å². The van der Waals surface area contributed by atoms with Crippen molar-refractivity contribution in [3.8, 4) is 0 Å². The van der Waals surface area contributed by atoms with Crippen LogP contribution in [0.2, 0.25) is 5.15 Å². The number of carbonyl (C=O) groups excluding carboxylic acids is 1. The Labute approximate surface area is 164 Å². The quantitative estimate of drug-likeness (QED) is 0.629. The highest BCUT2D eigenvalue weighted by atomic mass is 79.9. The molecule has 1 aromatic heterocycles. The van der Waals surface area contributed by atoms with Gasteiger partial charge in [-0.3, -0.25) is 4.79 Å². The molecule has 134 valence electrons. The highest BCUT2D eigenvalue weighted by Crippen LogP contribution is 2.21. The lowest BCUT2D eigenvalue weighted by molar-refractivity contribution is 0.0950. The maximum atomic E-state index is 13.8. The number of aromatic nitrogens is 2. The van der Waals surface area contributed by atoms with Gasteiger partial charge < -0.3 is 5.32 Å². The molecule has 0 saturated heterocycles. The van der Waals surface area contributed by atoms with E-state index >= 15 is 0 Å². The Morgan fingerprint density at radius 1 is 1.27 bits per heavy atom. The number of amides is 1. The molecule has 0 atom stereocenters. The van der Waals surface area contributed by atoms with Crippen LogP contribution in [0, 0.1) is 12.7 Å². The average molecular weight is 437 g/mol. The molecule has 7 heteroatoms. The van der Waals surface area contributed by atoms with Crippen molar-refractivity contribution < 1.29 is 9.18 Å². The monoisotopic (exact) mass is 435 g/mol. The van der Waals surface area contributed by atoms with Gasteiger partial charge in [-0.1, -0.05) is 57.9 Å². The summed E-state index contributed by atoms with van der Waals surface area (Å²) in [5, 5.41) is 7.32. The summed E-state index contributed by atoms with van der Waals surface area (Å²) in [7, 11) is 0. The lowest BCUT2D eigenvalue weighted by atomic mass is 10.2. The highest BCUT2D eigenvalue weighted by Gasteiger charge is 2.20. The van der Waals surface area contributed by atoms with Crippen molar-refractivity contribution in [3.63, 3.8) is 0 Å². The Hall–Kier alpha value is -2.18. The third-order valence-electron chi connectivity index (χ3n) is 3.91. The van der Waals surface area contributed by atoms with Gasteiger partial charge in [0, 0.05) is 16.6 Å². The number of nitrogens with zero attached hydrogens (tertiary/aromatic N) is 2. The van der Waals surface area contributed by atoms with Crippen LogP contribution in [0.1, 0.15) is 27.2 Å². The zero-order valence-electron chi connectivity index (χ0n) is 14.0. The Bertz CT molecular complexity index is 943. The smallest absolute Gasteiger partial charge is 0.256 e. The van der Waals surface area contributed by atoms with Gasteiger partial charge in [-0.15, -0.1) is 0 Å². The molecule has 0 aliphatic rings. The minimum Gasteiger partial charge on any atom is -0.348 e. The SMILES string of the molecule is Cc1nn(Cc2ccccc2)c(Cl)c1C(=O)NCc1cc(Br)ccc1F. The molecule has 0 saturated carbocycles. The van der Waals surface area contributed by atoms with E-state index in [1.54, 1.807) is 23.7 Å². The number of benzene rings is 2. The molecule has 2 aromatic carbocycles. The van der Waals surface area contributed by atoms with Crippen molar-refractivity contribution in [2.24, 2.45) is 0 Å². The summed E-state index contributed by atoms with van der Waals surface area (Å²) in [6.45, 7) is 2.25. The number of hydrogen-bond acceptors (Lipinski definition) is 2. The molecule has 1 heterocycles. The lowest BCUT2D eigenvalue weighted by Crippen LogP contribution is -2.24. The summed E-state index contributed by atoms with van der Waals surface area (Å²) in [5.41, 5.74) is 2.24. The fourth-order valence-corrected chi connectivity index (χ4v) is 3.34. The summed E-state index contributed by atoms with van der Waals surface area (Å²) >= 11 is 9.66. The molecule has 3 aromatic rings. The van der Waals surface area contributed by atoms with Crippen molar-refractivity contribution in [2.45, 2.75) is 20.0 Å². The van der Waals surface area contributed by atoms with Crippen LogP contribution in [0.4, 0.5) is 4.39 Å². The molecule has 1 amide bonds. The second-order valence-electron chi connectivity index (χ2n) is 5.81. The second-order valence-corrected chi connectivity index (χ2v) is 7.09. The van der Waals surface area contributed by atoms with Crippen molar-refractivity contribution in [3.05, 3.63) is 86.4 Å². The highest BCUT2D eigenvalue weighted by molar-refractivity contribution is 9.10. The Kier molecular flexibility index (Phi) is 5.74. The van der Waals surface area contributed by atoms with E-state index in [0.717, 1.165) is 10.0 Å². The third kappa shape index (κ3) is 4.14. The normalized spacial score (nSPS) is 10.8. The molecule has 0 aliphatic heterocycles. The maximum Gasteiger partial charge on any atom is 0.256 e. The fourth-order valence-electron chi connectivity index (χ4n) is 2.62. The first-order chi connectivity index (χ1) is 12.5. The zero-order chi connectivity index (χ0) is 18.7. The molecule has 0 bridgehead atoms. The van der Waals surface area contributed by atoms with E-state index in [1.807, 2.05) is 30.3 Å². The minimum atomic E-state index is -0.383. The minimum absolute atomic E-state index is 0.0593. The molecule has 4 nitrogen and oxygen atoms in total. The molecule has 0 radical (unpaired) electrons. The first kappa shape index (κ1) is 18.6. The van der Waals surface area contributed by atoms with Crippen LogP contribution in [0.25, 0.3) is 0 Å². The van der Waals surface area contributed by atoms with Gasteiger partial charge in [0.15, 0.2) is 0 Å². The van der Waals surface area contributed by atoms with E-state index in [2.05, 4.69) is 26.3 Å². The molecule has 3 rings (SSSR count). The maximum absolute atomic E-state index is 13.8. The van der Waals surface area contributed by atoms with Crippen LogP contribution in [-0.4, -0.2) is 15.7 Å². The van der Waals surface area contributed by atoms with E-state index in [0.29, 0.717) is 23.4 Å². The summed E-state index contributed by atoms with van der Waals surface area (Å²) < 4.78 is 16.1. The molecular formula is C19H16BrClFN3O. The van der Waals surface area contributed by atoms with Crippen LogP contribution in [0.15, 0.2) is 53.0 Å². The fraction of sp³-hybridized carbons (Fsp3) is 0.158. The number of aryl methyl sites for hydroxylation is 1. The lowest BCUT2D eigenvalue weighted by Gasteiger charge is -2.07. The van der Waals surface area contributed by atoms with E-state index in [-0.39, 0.29) is 23.4 Å². The topological polar surface area (TPSA) is 46.9 Å². The first-order valence-electron chi connectivity index (χ1n) is 7.94. The zero-order valence-corrected chi connectivity index (χ0v) is 16.3. The Balaban J connectivity index is 1.76. The second kappa shape index (κ2) is 8.01. The van der Waals surface area contributed by atoms with Crippen LogP contribution >= 0.6 is 27.5 Å². The van der Waals surface area contributed by atoms with Crippen molar-refractivity contribution in [2.75, 3.05) is 0 Å². The summed E-state index contributed by atoms with van der Waals surface area (Å²) in [4.78, 5) is 12.5. The van der Waals surface area contributed by atoms with Crippen molar-refractivity contribution in [1.82, 2.24) is 15.1 Å². The third-order valence-corrected chi connectivity index (χ3v) is 4.79. The van der Waals surface area contributed by atoms with Crippen LogP contribution in [0.5, 0.6) is 0 Å². The van der Waals surface area contributed by atoms with Crippen LogP contribution < -0.4 is 5.32 Å². The molecule has 26 heavy (non-hydrogen) atoms. The van der Waals surface area contributed by atoms with Gasteiger partial charge in [0.2, 0.25) is 0 Å². The summed E-state index contributed by atoms with van der Waals surface area (Å²) in [5.74, 6) is -0.762. The summed E-state index contributed by atoms with van der Waals surface area (Å²) in [6.07, 6.45) is 0. The number of rotatable bonds is 5. The molecule has 0 fully saturated rings. The van der Waals surface area contributed by atoms with E-state index in [9.17, 15) is 9.18 Å². The van der Waals surface area contributed by atoms with E-state index < -0.39 is 0 Å². The van der Waals surface area contributed by atoms with Gasteiger partial charge in [0.25, 0.3) is 5.91 Å². The molecule has 0 unspecified atom stereocenters. The largest absolute Gasteiger partial charge is 0.348 e. The Morgan fingerprint density at radius 3 is 2.73 bits per heavy atom. The van der Waals surface area contributed by atoms with Gasteiger partial charge in [-0.25, -0.2) is 9.07 Å². The Morgan fingerprint density at radius 2 is 2.00 bits per heavy atom. The first-order valence-corrected chi connectivity index (χ1v) is 9.11. The molecular weight excluding hydrogens is 421 g/mol. The van der Waals surface area contributed by atoms with Crippen molar-refractivity contribution >= 4 is 33.4 Å². The van der Waals surface area contributed by atoms with Gasteiger partial charge in [0.1, 0.15) is 11.0 Å². The number of nitrogens with one attached hydrogen (secondary N) is 1. The number of hydrogen-bond donors (Lipinski definition) is 1. The van der Waals surface area contributed by atoms with Crippen molar-refractivity contribution in [1.29, 1.82) is 0 Å². The predicted molar refractivity (Wildman–Crippen MR) is 103 cm³/mol.